The van der Waals surface area contributed by atoms with Crippen LogP contribution in [0, 0.1) is 5.92 Å². The number of guanidine groups is 1. The molecule has 0 aromatic rings. The standard InChI is InChI=1S/C17H33N7O5S/c1-3-9(2)13(15(27)23-11(8-30)16(28)29)24-14(26)10(22-12(25)7-18)5-4-6-21-17(19)20/h9-11,13,30H,3-8,18H2,1-2H3,(H,22,25)(H,23,27)(H,24,26)(H,28,29)(H4,19,20,21). The SMILES string of the molecule is CCC(C)C(NC(=O)C(CCCN=C(N)N)NC(=O)CN)C(=O)NC(CS)C(=O)O. The van der Waals surface area contributed by atoms with E-state index < -0.39 is 41.8 Å². The smallest absolute Gasteiger partial charge is 0.327 e. The lowest BCUT2D eigenvalue weighted by atomic mass is 9.97. The van der Waals surface area contributed by atoms with Gasteiger partial charge in [0, 0.05) is 12.3 Å². The first kappa shape index (κ1) is 27.5. The fourth-order valence-electron chi connectivity index (χ4n) is 2.43. The number of carboxylic acids is 1. The van der Waals surface area contributed by atoms with Gasteiger partial charge in [-0.1, -0.05) is 20.3 Å². The summed E-state index contributed by atoms with van der Waals surface area (Å²) in [5.74, 6) is -3.52. The van der Waals surface area contributed by atoms with E-state index in [-0.39, 0.29) is 37.1 Å². The van der Waals surface area contributed by atoms with Gasteiger partial charge in [-0.25, -0.2) is 4.79 Å². The Kier molecular flexibility index (Phi) is 13.2. The zero-order valence-electron chi connectivity index (χ0n) is 17.3. The van der Waals surface area contributed by atoms with Crippen molar-refractivity contribution in [3.63, 3.8) is 0 Å². The van der Waals surface area contributed by atoms with Crippen molar-refractivity contribution in [2.24, 2.45) is 28.1 Å². The number of carboxylic acid groups (broad SMARTS) is 1. The van der Waals surface area contributed by atoms with E-state index in [1.807, 2.05) is 6.92 Å². The molecule has 0 aliphatic carbocycles. The summed E-state index contributed by atoms with van der Waals surface area (Å²) < 4.78 is 0. The Hall–Kier alpha value is -2.54. The van der Waals surface area contributed by atoms with Gasteiger partial charge < -0.3 is 38.3 Å². The summed E-state index contributed by atoms with van der Waals surface area (Å²) in [6.45, 7) is 3.51. The number of amides is 3. The maximum Gasteiger partial charge on any atom is 0.327 e. The highest BCUT2D eigenvalue weighted by atomic mass is 32.1. The van der Waals surface area contributed by atoms with Gasteiger partial charge in [-0.2, -0.15) is 12.6 Å². The molecular weight excluding hydrogens is 414 g/mol. The Bertz CT molecular complexity index is 628. The lowest BCUT2D eigenvalue weighted by Gasteiger charge is -2.27. The van der Waals surface area contributed by atoms with Gasteiger partial charge in [0.25, 0.3) is 0 Å². The normalized spacial score (nSPS) is 14.5. The van der Waals surface area contributed by atoms with Crippen molar-refractivity contribution in [2.45, 2.75) is 51.2 Å². The van der Waals surface area contributed by atoms with Crippen LogP contribution in [0.3, 0.4) is 0 Å². The van der Waals surface area contributed by atoms with Gasteiger partial charge in [0.05, 0.1) is 6.54 Å². The van der Waals surface area contributed by atoms with Crippen LogP contribution in [0.1, 0.15) is 33.1 Å². The van der Waals surface area contributed by atoms with E-state index in [0.717, 1.165) is 0 Å². The minimum absolute atomic E-state index is 0.0901. The topological polar surface area (TPSA) is 215 Å². The molecule has 0 aromatic heterocycles. The van der Waals surface area contributed by atoms with E-state index >= 15 is 0 Å². The van der Waals surface area contributed by atoms with Crippen LogP contribution in [-0.2, 0) is 19.2 Å². The monoisotopic (exact) mass is 447 g/mol. The van der Waals surface area contributed by atoms with Crippen molar-refractivity contribution < 1.29 is 24.3 Å². The third-order valence-electron chi connectivity index (χ3n) is 4.37. The number of hydrogen-bond acceptors (Lipinski definition) is 7. The van der Waals surface area contributed by atoms with Crippen LogP contribution in [0.2, 0.25) is 0 Å². The second kappa shape index (κ2) is 14.4. The predicted octanol–water partition coefficient (Wildman–Crippen LogP) is -2.49. The second-order valence-corrected chi connectivity index (χ2v) is 7.09. The number of aliphatic imine (C=N–C) groups is 1. The highest BCUT2D eigenvalue weighted by Crippen LogP contribution is 2.10. The van der Waals surface area contributed by atoms with Gasteiger partial charge >= 0.3 is 5.97 Å². The van der Waals surface area contributed by atoms with Gasteiger partial charge in [0.2, 0.25) is 17.7 Å². The molecule has 0 radical (unpaired) electrons. The van der Waals surface area contributed by atoms with Crippen molar-refractivity contribution >= 4 is 42.3 Å². The zero-order chi connectivity index (χ0) is 23.3. The van der Waals surface area contributed by atoms with Crippen LogP contribution in [0.15, 0.2) is 4.99 Å². The highest BCUT2D eigenvalue weighted by molar-refractivity contribution is 7.80. The number of nitrogens with zero attached hydrogens (tertiary/aromatic N) is 1. The van der Waals surface area contributed by atoms with Crippen LogP contribution in [0.4, 0.5) is 0 Å². The first-order chi connectivity index (χ1) is 14.1. The molecule has 0 heterocycles. The Morgan fingerprint density at radius 3 is 2.17 bits per heavy atom. The Morgan fingerprint density at radius 2 is 1.70 bits per heavy atom. The number of carbonyl (C=O) groups is 4. The number of nitrogens with two attached hydrogens (primary N) is 3. The van der Waals surface area contributed by atoms with E-state index in [9.17, 15) is 19.2 Å². The van der Waals surface area contributed by atoms with Gasteiger partial charge in [-0.15, -0.1) is 0 Å². The average molecular weight is 448 g/mol. The minimum Gasteiger partial charge on any atom is -0.480 e. The fraction of sp³-hybridized carbons (Fsp3) is 0.706. The summed E-state index contributed by atoms with van der Waals surface area (Å²) in [6.07, 6.45) is 1.14. The maximum absolute atomic E-state index is 12.8. The largest absolute Gasteiger partial charge is 0.480 e. The number of nitrogens with one attached hydrogen (secondary N) is 3. The third kappa shape index (κ3) is 10.3. The molecule has 3 amide bonds. The van der Waals surface area contributed by atoms with Crippen molar-refractivity contribution in [3.8, 4) is 0 Å². The molecule has 0 aliphatic heterocycles. The minimum atomic E-state index is -1.24. The summed E-state index contributed by atoms with van der Waals surface area (Å²) >= 11 is 3.91. The lowest BCUT2D eigenvalue weighted by Crippen LogP contribution is -2.58. The molecule has 0 saturated carbocycles. The molecule has 172 valence electrons. The molecule has 0 spiro atoms. The second-order valence-electron chi connectivity index (χ2n) is 6.73. The summed E-state index contributed by atoms with van der Waals surface area (Å²) in [7, 11) is 0. The number of hydrogen-bond donors (Lipinski definition) is 8. The highest BCUT2D eigenvalue weighted by Gasteiger charge is 2.31. The molecule has 30 heavy (non-hydrogen) atoms. The van der Waals surface area contributed by atoms with Gasteiger partial charge in [0.1, 0.15) is 18.1 Å². The molecule has 0 fully saturated rings. The summed E-state index contributed by atoms with van der Waals surface area (Å²) in [5.41, 5.74) is 15.8. The summed E-state index contributed by atoms with van der Waals surface area (Å²) in [5, 5.41) is 16.6. The summed E-state index contributed by atoms with van der Waals surface area (Å²) in [4.78, 5) is 52.1. The molecule has 0 bridgehead atoms. The molecular formula is C17H33N7O5S. The molecule has 10 N–H and O–H groups in total. The van der Waals surface area contributed by atoms with Gasteiger partial charge in [-0.3, -0.25) is 19.4 Å². The van der Waals surface area contributed by atoms with Gasteiger partial charge in [-0.05, 0) is 18.8 Å². The number of aliphatic carboxylic acids is 1. The van der Waals surface area contributed by atoms with Gasteiger partial charge in [0.15, 0.2) is 5.96 Å². The van der Waals surface area contributed by atoms with E-state index in [2.05, 4.69) is 33.6 Å². The number of rotatable bonds is 14. The zero-order valence-corrected chi connectivity index (χ0v) is 18.2. The first-order valence-electron chi connectivity index (χ1n) is 9.56. The van der Waals surface area contributed by atoms with Crippen LogP contribution in [-0.4, -0.2) is 71.7 Å². The first-order valence-corrected chi connectivity index (χ1v) is 10.2. The van der Waals surface area contributed by atoms with Crippen molar-refractivity contribution in [1.29, 1.82) is 0 Å². The quantitative estimate of drug-likeness (QED) is 0.0615. The van der Waals surface area contributed by atoms with Crippen LogP contribution < -0.4 is 33.2 Å². The molecule has 0 aromatic carbocycles. The molecule has 0 saturated heterocycles. The molecule has 0 aliphatic rings. The van der Waals surface area contributed by atoms with Crippen molar-refractivity contribution in [2.75, 3.05) is 18.8 Å². The average Bonchev–Trinajstić information content (AvgIpc) is 2.70. The Balaban J connectivity index is 5.33. The number of thiol groups is 1. The van der Waals surface area contributed by atoms with E-state index in [1.54, 1.807) is 6.92 Å². The van der Waals surface area contributed by atoms with Crippen molar-refractivity contribution in [1.82, 2.24) is 16.0 Å². The molecule has 12 nitrogen and oxygen atoms in total. The van der Waals surface area contributed by atoms with Crippen LogP contribution in [0.5, 0.6) is 0 Å². The Labute approximate surface area is 181 Å². The van der Waals surface area contributed by atoms with Crippen LogP contribution >= 0.6 is 12.6 Å². The van der Waals surface area contributed by atoms with E-state index in [0.29, 0.717) is 12.8 Å². The van der Waals surface area contributed by atoms with E-state index in [1.165, 1.54) is 0 Å². The molecule has 4 atom stereocenters. The predicted molar refractivity (Wildman–Crippen MR) is 116 cm³/mol. The maximum atomic E-state index is 12.8. The number of carbonyl (C=O) groups excluding carboxylic acids is 3. The summed E-state index contributed by atoms with van der Waals surface area (Å²) in [6, 6.07) is -3.16. The van der Waals surface area contributed by atoms with Crippen molar-refractivity contribution in [3.05, 3.63) is 0 Å². The molecule has 13 heteroatoms. The lowest BCUT2D eigenvalue weighted by molar-refractivity contribution is -0.142. The third-order valence-corrected chi connectivity index (χ3v) is 4.74. The van der Waals surface area contributed by atoms with E-state index in [4.69, 9.17) is 22.3 Å². The Morgan fingerprint density at radius 1 is 1.07 bits per heavy atom. The van der Waals surface area contributed by atoms with Crippen LogP contribution in [0.25, 0.3) is 0 Å². The molecule has 4 unspecified atom stereocenters. The fourth-order valence-corrected chi connectivity index (χ4v) is 2.68. The molecule has 0 rings (SSSR count).